The van der Waals surface area contributed by atoms with Gasteiger partial charge in [-0.2, -0.15) is 0 Å². The maximum Gasteiger partial charge on any atom is 0.269 e. The normalized spacial score (nSPS) is 30.8. The molecule has 1 saturated heterocycles. The number of nitrogens with zero attached hydrogens (tertiary/aromatic N) is 2. The highest BCUT2D eigenvalue weighted by Gasteiger charge is 2.46. The van der Waals surface area contributed by atoms with Crippen molar-refractivity contribution in [2.75, 3.05) is 13.1 Å². The minimum Gasteiger partial charge on any atom is -0.379 e. The Morgan fingerprint density at radius 3 is 2.61 bits per heavy atom. The second-order valence-electron chi connectivity index (χ2n) is 7.17. The van der Waals surface area contributed by atoms with E-state index in [1.807, 2.05) is 36.1 Å². The lowest BCUT2D eigenvalue weighted by molar-refractivity contribution is -0.156. The van der Waals surface area contributed by atoms with Crippen molar-refractivity contribution in [1.29, 1.82) is 0 Å². The summed E-state index contributed by atoms with van der Waals surface area (Å²) < 4.78 is 0. The first kappa shape index (κ1) is 16.3. The van der Waals surface area contributed by atoms with E-state index in [9.17, 15) is 4.79 Å². The molecule has 0 unspecified atom stereocenters. The molecule has 0 aliphatic carbocycles. The first-order chi connectivity index (χ1) is 10.9. The molecule has 1 fully saturated rings. The molecule has 0 radical (unpaired) electrons. The first-order valence-electron chi connectivity index (χ1n) is 8.18. The number of likely N-dealkylation sites (tertiary alicyclic amines) is 1. The van der Waals surface area contributed by atoms with E-state index >= 15 is 0 Å². The average molecular weight is 335 g/mol. The number of carbonyl (C=O) groups excluding carboxylic acids is 1. The quantitative estimate of drug-likeness (QED) is 0.827. The third kappa shape index (κ3) is 3.23. The van der Waals surface area contributed by atoms with Crippen molar-refractivity contribution >= 4 is 23.2 Å². The van der Waals surface area contributed by atoms with Crippen LogP contribution in [0.1, 0.15) is 39.2 Å². The molecule has 0 bridgehead atoms. The average Bonchev–Trinajstić information content (AvgIpc) is 2.89. The monoisotopic (exact) mass is 334 g/mol. The first-order valence-corrected chi connectivity index (χ1v) is 8.56. The lowest BCUT2D eigenvalue weighted by atomic mass is 9.89. The van der Waals surface area contributed by atoms with Crippen molar-refractivity contribution in [3.63, 3.8) is 0 Å². The molecule has 2 heterocycles. The predicted octanol–water partition coefficient (Wildman–Crippen LogP) is 3.73. The van der Waals surface area contributed by atoms with Crippen LogP contribution in [0.3, 0.4) is 0 Å². The van der Waals surface area contributed by atoms with Gasteiger partial charge >= 0.3 is 0 Å². The van der Waals surface area contributed by atoms with E-state index in [2.05, 4.69) is 19.0 Å². The lowest BCUT2D eigenvalue weighted by Gasteiger charge is -2.38. The van der Waals surface area contributed by atoms with Gasteiger partial charge in [-0.15, -0.1) is 0 Å². The largest absolute Gasteiger partial charge is 0.379 e. The molecule has 5 heteroatoms. The van der Waals surface area contributed by atoms with Gasteiger partial charge in [-0.25, -0.2) is 0 Å². The number of halogens is 1. The highest BCUT2D eigenvalue weighted by atomic mass is 35.5. The smallest absolute Gasteiger partial charge is 0.269 e. The summed E-state index contributed by atoms with van der Waals surface area (Å²) in [6.45, 7) is 7.80. The maximum atomic E-state index is 13.0. The zero-order chi connectivity index (χ0) is 16.6. The fourth-order valence-corrected chi connectivity index (χ4v) is 3.90. The molecule has 0 saturated carbocycles. The van der Waals surface area contributed by atoms with Gasteiger partial charge in [0.25, 0.3) is 5.91 Å². The van der Waals surface area contributed by atoms with Crippen LogP contribution < -0.4 is 0 Å². The molecular formula is C18H23ClN2O2. The number of oxime groups is 1. The van der Waals surface area contributed by atoms with Crippen molar-refractivity contribution < 1.29 is 9.63 Å². The molecule has 2 aliphatic rings. The van der Waals surface area contributed by atoms with Gasteiger partial charge in [0, 0.05) is 30.1 Å². The van der Waals surface area contributed by atoms with E-state index in [1.54, 1.807) is 0 Å². The van der Waals surface area contributed by atoms with Crippen molar-refractivity contribution in [2.24, 2.45) is 17.0 Å². The molecule has 1 aromatic carbocycles. The van der Waals surface area contributed by atoms with Crippen LogP contribution >= 0.6 is 11.6 Å². The molecular weight excluding hydrogens is 312 g/mol. The number of benzene rings is 1. The van der Waals surface area contributed by atoms with Crippen molar-refractivity contribution in [2.45, 2.75) is 39.2 Å². The van der Waals surface area contributed by atoms with Crippen LogP contribution in [0.2, 0.25) is 5.02 Å². The highest BCUT2D eigenvalue weighted by molar-refractivity contribution is 6.34. The van der Waals surface area contributed by atoms with Crippen molar-refractivity contribution in [3.8, 4) is 0 Å². The molecule has 0 aromatic heterocycles. The number of hydrogen-bond donors (Lipinski definition) is 0. The molecule has 3 rings (SSSR count). The van der Waals surface area contributed by atoms with Crippen molar-refractivity contribution in [3.05, 3.63) is 34.9 Å². The summed E-state index contributed by atoms with van der Waals surface area (Å²) >= 11 is 6.23. The van der Waals surface area contributed by atoms with Crippen LogP contribution in [-0.4, -0.2) is 35.2 Å². The van der Waals surface area contributed by atoms with E-state index in [0.717, 1.165) is 24.4 Å². The Hall–Kier alpha value is -1.55. The summed E-state index contributed by atoms with van der Waals surface area (Å²) in [6, 6.07) is 7.52. The summed E-state index contributed by atoms with van der Waals surface area (Å²) in [4.78, 5) is 20.5. The fraction of sp³-hybridized carbons (Fsp3) is 0.556. The summed E-state index contributed by atoms with van der Waals surface area (Å²) in [5, 5.41) is 4.79. The van der Waals surface area contributed by atoms with Gasteiger partial charge < -0.3 is 9.74 Å². The third-order valence-electron chi connectivity index (χ3n) is 4.66. The number of hydrogen-bond acceptors (Lipinski definition) is 3. The maximum absolute atomic E-state index is 13.0. The van der Waals surface area contributed by atoms with Gasteiger partial charge in [0.1, 0.15) is 0 Å². The van der Waals surface area contributed by atoms with Crippen LogP contribution in [-0.2, 0) is 9.63 Å². The highest BCUT2D eigenvalue weighted by Crippen LogP contribution is 2.32. The molecule has 0 N–H and O–H groups in total. The molecule has 124 valence electrons. The van der Waals surface area contributed by atoms with E-state index in [1.165, 1.54) is 6.42 Å². The Morgan fingerprint density at radius 1 is 1.30 bits per heavy atom. The summed E-state index contributed by atoms with van der Waals surface area (Å²) in [7, 11) is 0. The molecule has 1 amide bonds. The zero-order valence-corrected chi connectivity index (χ0v) is 14.6. The molecule has 4 nitrogen and oxygen atoms in total. The van der Waals surface area contributed by atoms with E-state index in [-0.39, 0.29) is 5.91 Å². The Morgan fingerprint density at radius 2 is 1.96 bits per heavy atom. The van der Waals surface area contributed by atoms with Crippen LogP contribution in [0.4, 0.5) is 0 Å². The van der Waals surface area contributed by atoms with E-state index in [0.29, 0.717) is 23.3 Å². The lowest BCUT2D eigenvalue weighted by Crippen LogP contribution is -2.52. The molecule has 3 atom stereocenters. The minimum absolute atomic E-state index is 0.0294. The van der Waals surface area contributed by atoms with Gasteiger partial charge in [0.15, 0.2) is 0 Å². The Balaban J connectivity index is 1.75. The second kappa shape index (κ2) is 6.16. The summed E-state index contributed by atoms with van der Waals surface area (Å²) in [5.74, 6) is 1.08. The van der Waals surface area contributed by atoms with Gasteiger partial charge in [-0.3, -0.25) is 4.79 Å². The summed E-state index contributed by atoms with van der Waals surface area (Å²) in [5.41, 5.74) is 0.654. The number of carbonyl (C=O) groups is 1. The van der Waals surface area contributed by atoms with Gasteiger partial charge in [0.05, 0.1) is 5.71 Å². The third-order valence-corrected chi connectivity index (χ3v) is 4.98. The Bertz CT molecular complexity index is 636. The SMILES string of the molecule is C[C@@H]1C[C@H](C)CN(C(=O)[C@]2(C)CC(c3ccccc3Cl)=NO2)C1. The van der Waals surface area contributed by atoms with Gasteiger partial charge in [-0.1, -0.05) is 48.8 Å². The van der Waals surface area contributed by atoms with Crippen LogP contribution in [0.5, 0.6) is 0 Å². The predicted molar refractivity (Wildman–Crippen MR) is 91.6 cm³/mol. The Labute approximate surface area is 142 Å². The molecule has 2 aliphatic heterocycles. The molecule has 0 spiro atoms. The van der Waals surface area contributed by atoms with Gasteiger partial charge in [-0.05, 0) is 31.2 Å². The van der Waals surface area contributed by atoms with E-state index in [4.69, 9.17) is 16.4 Å². The van der Waals surface area contributed by atoms with Crippen LogP contribution in [0.25, 0.3) is 0 Å². The van der Waals surface area contributed by atoms with E-state index < -0.39 is 5.60 Å². The number of amides is 1. The molecule has 1 aromatic rings. The fourth-order valence-electron chi connectivity index (χ4n) is 3.66. The molecule has 23 heavy (non-hydrogen) atoms. The topological polar surface area (TPSA) is 41.9 Å². The van der Waals surface area contributed by atoms with Crippen LogP contribution in [0.15, 0.2) is 29.4 Å². The number of piperidine rings is 1. The van der Waals surface area contributed by atoms with Gasteiger partial charge in [0.2, 0.25) is 5.60 Å². The van der Waals surface area contributed by atoms with Crippen LogP contribution in [0, 0.1) is 11.8 Å². The number of rotatable bonds is 2. The zero-order valence-electron chi connectivity index (χ0n) is 13.9. The van der Waals surface area contributed by atoms with Crippen molar-refractivity contribution in [1.82, 2.24) is 4.90 Å². The Kier molecular flexibility index (Phi) is 4.37. The second-order valence-corrected chi connectivity index (χ2v) is 7.58. The summed E-state index contributed by atoms with van der Waals surface area (Å²) in [6.07, 6.45) is 1.62. The minimum atomic E-state index is -0.925. The standard InChI is InChI=1S/C18H23ClN2O2/c1-12-8-13(2)11-21(10-12)17(22)18(3)9-16(20-23-18)14-6-4-5-7-15(14)19/h4-7,12-13H,8-11H2,1-3H3/t12-,13+,18-/m0/s1.